The van der Waals surface area contributed by atoms with Gasteiger partial charge >= 0.3 is 0 Å². The van der Waals surface area contributed by atoms with E-state index in [2.05, 4.69) is 168 Å². The molecular weight excluding hydrogens is 591 g/mol. The Morgan fingerprint density at radius 3 is 1.45 bits per heavy atom. The van der Waals surface area contributed by atoms with Crippen LogP contribution in [0.25, 0.3) is 115 Å². The first-order chi connectivity index (χ1) is 24.3. The highest BCUT2D eigenvalue weighted by Gasteiger charge is 2.27. The first-order valence-electron chi connectivity index (χ1n) is 17.1. The molecule has 0 atom stereocenters. The van der Waals surface area contributed by atoms with Crippen LogP contribution < -0.4 is 0 Å². The summed E-state index contributed by atoms with van der Waals surface area (Å²) in [4.78, 5) is 0. The van der Waals surface area contributed by atoms with Gasteiger partial charge in [0, 0.05) is 16.2 Å². The van der Waals surface area contributed by atoms with Crippen LogP contribution >= 0.6 is 0 Å². The minimum Gasteiger partial charge on any atom is -0.309 e. The smallest absolute Gasteiger partial charge is 0.0554 e. The van der Waals surface area contributed by atoms with Gasteiger partial charge < -0.3 is 4.57 Å². The van der Waals surface area contributed by atoms with Crippen LogP contribution in [0.1, 0.15) is 0 Å². The van der Waals surface area contributed by atoms with Crippen LogP contribution in [0, 0.1) is 0 Å². The largest absolute Gasteiger partial charge is 0.309 e. The predicted molar refractivity (Wildman–Crippen MR) is 208 cm³/mol. The van der Waals surface area contributed by atoms with E-state index in [1.807, 2.05) is 0 Å². The van der Waals surface area contributed by atoms with E-state index >= 15 is 0 Å². The Morgan fingerprint density at radius 2 is 0.714 bits per heavy atom. The van der Waals surface area contributed by atoms with Gasteiger partial charge in [0.1, 0.15) is 0 Å². The summed E-state index contributed by atoms with van der Waals surface area (Å²) < 4.78 is 2.52. The molecule has 10 aromatic rings. The highest BCUT2D eigenvalue weighted by molar-refractivity contribution is 6.29. The fraction of sp³-hybridized carbons (Fsp3) is 0. The lowest BCUT2D eigenvalue weighted by Crippen LogP contribution is -1.97. The number of para-hydroxylation sites is 1. The molecule has 1 aromatic heterocycles. The molecule has 2 aliphatic carbocycles. The van der Waals surface area contributed by atoms with Gasteiger partial charge in [0.2, 0.25) is 0 Å². The Balaban J connectivity index is 1.17. The molecular formula is C48H27N. The summed E-state index contributed by atoms with van der Waals surface area (Å²) in [7, 11) is 0. The molecule has 1 heteroatoms. The first-order valence-corrected chi connectivity index (χ1v) is 17.1. The van der Waals surface area contributed by atoms with Crippen LogP contribution in [0.3, 0.4) is 0 Å². The number of benzene rings is 9. The van der Waals surface area contributed by atoms with Crippen molar-refractivity contribution in [3.8, 4) is 61.3 Å². The first kappa shape index (κ1) is 25.6. The quantitative estimate of drug-likeness (QED) is 0.182. The van der Waals surface area contributed by atoms with E-state index < -0.39 is 0 Å². The lowest BCUT2D eigenvalue weighted by atomic mass is 9.91. The molecule has 0 saturated carbocycles. The molecule has 0 radical (unpaired) electrons. The van der Waals surface area contributed by atoms with Crippen molar-refractivity contribution in [3.63, 3.8) is 0 Å². The van der Waals surface area contributed by atoms with Crippen molar-refractivity contribution >= 4 is 54.1 Å². The number of fused-ring (bicyclic) bond motifs is 11. The lowest BCUT2D eigenvalue weighted by molar-refractivity contribution is 1.20. The fourth-order valence-corrected chi connectivity index (χ4v) is 9.34. The van der Waals surface area contributed by atoms with E-state index in [0.717, 1.165) is 0 Å². The zero-order valence-electron chi connectivity index (χ0n) is 26.5. The van der Waals surface area contributed by atoms with Crippen LogP contribution in [0.15, 0.2) is 164 Å². The van der Waals surface area contributed by atoms with Gasteiger partial charge in [-0.2, -0.15) is 0 Å². The zero-order valence-corrected chi connectivity index (χ0v) is 26.5. The lowest BCUT2D eigenvalue weighted by Gasteiger charge is -2.17. The molecule has 1 heterocycles. The highest BCUT2D eigenvalue weighted by Crippen LogP contribution is 2.52. The summed E-state index contributed by atoms with van der Waals surface area (Å²) in [6, 6.07) is 61.1. The van der Waals surface area contributed by atoms with Crippen molar-refractivity contribution in [1.29, 1.82) is 0 Å². The van der Waals surface area contributed by atoms with Gasteiger partial charge in [0.15, 0.2) is 0 Å². The van der Waals surface area contributed by atoms with E-state index in [1.165, 1.54) is 115 Å². The Hall–Kier alpha value is -6.44. The molecule has 0 aliphatic heterocycles. The number of hydrogen-bond donors (Lipinski definition) is 0. The van der Waals surface area contributed by atoms with E-state index in [1.54, 1.807) is 0 Å². The minimum absolute atomic E-state index is 1.21. The van der Waals surface area contributed by atoms with E-state index in [0.29, 0.717) is 0 Å². The molecule has 12 rings (SSSR count). The van der Waals surface area contributed by atoms with Crippen molar-refractivity contribution in [2.75, 3.05) is 0 Å². The summed E-state index contributed by atoms with van der Waals surface area (Å²) >= 11 is 0. The molecule has 0 bridgehead atoms. The molecule has 49 heavy (non-hydrogen) atoms. The number of hydrogen-bond acceptors (Lipinski definition) is 0. The molecule has 0 N–H and O–H groups in total. The molecule has 1 nitrogen and oxygen atoms in total. The zero-order chi connectivity index (χ0) is 31.8. The summed E-state index contributed by atoms with van der Waals surface area (Å²) in [6.07, 6.45) is 0. The van der Waals surface area contributed by atoms with Crippen LogP contribution in [0.5, 0.6) is 0 Å². The van der Waals surface area contributed by atoms with E-state index in [4.69, 9.17) is 0 Å². The normalized spacial score (nSPS) is 12.5. The van der Waals surface area contributed by atoms with Gasteiger partial charge in [0.25, 0.3) is 0 Å². The maximum absolute atomic E-state index is 2.52. The van der Waals surface area contributed by atoms with Gasteiger partial charge in [-0.25, -0.2) is 0 Å². The fourth-order valence-electron chi connectivity index (χ4n) is 9.34. The van der Waals surface area contributed by atoms with Crippen LogP contribution in [0.4, 0.5) is 0 Å². The molecule has 224 valence electrons. The Kier molecular flexibility index (Phi) is 4.77. The predicted octanol–water partition coefficient (Wildman–Crippen LogP) is 13.2. The highest BCUT2D eigenvalue weighted by atomic mass is 15.0. The monoisotopic (exact) mass is 617 g/mol. The van der Waals surface area contributed by atoms with Crippen molar-refractivity contribution < 1.29 is 0 Å². The van der Waals surface area contributed by atoms with Crippen LogP contribution in [-0.2, 0) is 0 Å². The van der Waals surface area contributed by atoms with Crippen molar-refractivity contribution in [2.24, 2.45) is 0 Å². The van der Waals surface area contributed by atoms with Crippen LogP contribution in [0.2, 0.25) is 0 Å². The average molecular weight is 618 g/mol. The molecule has 0 amide bonds. The molecule has 0 saturated heterocycles. The summed E-state index contributed by atoms with van der Waals surface area (Å²) in [5, 5.41) is 10.5. The second-order valence-electron chi connectivity index (χ2n) is 13.6. The van der Waals surface area contributed by atoms with E-state index in [9.17, 15) is 0 Å². The Bertz CT molecular complexity index is 3070. The average Bonchev–Trinajstić information content (AvgIpc) is 3.80. The standard InChI is InChI=1S/C48H27N/c1-2-13-30-29(12-1)36-18-9-19-38-34(23-24-39(30)46(36)38)33-25-26-44(35-16-6-5-11-28(33)35)49-43-22-8-7-17-40(43)48-41-21-10-20-37-31-14-3-4-15-32(31)42(47(37)41)27-45(48)49/h1-27H. The molecule has 0 spiro atoms. The van der Waals surface area contributed by atoms with Crippen molar-refractivity contribution in [2.45, 2.75) is 0 Å². The topological polar surface area (TPSA) is 4.93 Å². The molecule has 0 fully saturated rings. The maximum atomic E-state index is 2.52. The Labute approximate surface area is 282 Å². The van der Waals surface area contributed by atoms with Gasteiger partial charge in [-0.3, -0.25) is 0 Å². The number of nitrogens with zero attached hydrogens (tertiary/aromatic N) is 1. The Morgan fingerprint density at radius 1 is 0.245 bits per heavy atom. The summed E-state index contributed by atoms with van der Waals surface area (Å²) in [5.41, 5.74) is 16.9. The van der Waals surface area contributed by atoms with Crippen molar-refractivity contribution in [3.05, 3.63) is 164 Å². The maximum Gasteiger partial charge on any atom is 0.0554 e. The molecule has 2 aliphatic rings. The van der Waals surface area contributed by atoms with Gasteiger partial charge in [0.05, 0.1) is 16.7 Å². The van der Waals surface area contributed by atoms with E-state index in [-0.39, 0.29) is 0 Å². The van der Waals surface area contributed by atoms with Crippen molar-refractivity contribution in [1.82, 2.24) is 4.57 Å². The van der Waals surface area contributed by atoms with Gasteiger partial charge in [-0.05, 0) is 101 Å². The summed E-state index contributed by atoms with van der Waals surface area (Å²) in [6.45, 7) is 0. The van der Waals surface area contributed by atoms with Gasteiger partial charge in [-0.15, -0.1) is 0 Å². The summed E-state index contributed by atoms with van der Waals surface area (Å²) in [5.74, 6) is 0. The second kappa shape index (κ2) is 9.13. The third-order valence-corrected chi connectivity index (χ3v) is 11.3. The third kappa shape index (κ3) is 3.16. The number of aromatic nitrogens is 1. The SMILES string of the molecule is c1ccc2c(c1)-c1cccc3c(-c4ccc(-n5c6ccccc6c6c7cccc8c7c(cc65)-c5ccccc5-8)c5ccccc45)ccc-2c13. The minimum atomic E-state index is 1.21. The third-order valence-electron chi connectivity index (χ3n) is 11.3. The molecule has 9 aromatic carbocycles. The van der Waals surface area contributed by atoms with Crippen LogP contribution in [-0.4, -0.2) is 4.57 Å². The van der Waals surface area contributed by atoms with Gasteiger partial charge in [-0.1, -0.05) is 146 Å². The second-order valence-corrected chi connectivity index (χ2v) is 13.6. The number of rotatable bonds is 2. The molecule has 0 unspecified atom stereocenters.